The third-order valence-electron chi connectivity index (χ3n) is 7.55. The van der Waals surface area contributed by atoms with Crippen molar-refractivity contribution in [2.75, 3.05) is 0 Å². The van der Waals surface area contributed by atoms with Crippen molar-refractivity contribution in [2.45, 2.75) is 0 Å². The Morgan fingerprint density at radius 2 is 0.730 bits per heavy atom. The third-order valence-corrected chi connectivity index (χ3v) is 14.2. The number of hydrogen-bond donors (Lipinski definition) is 2. The Hall–Kier alpha value is -4.39. The van der Waals surface area contributed by atoms with Crippen LogP contribution in [0.1, 0.15) is 0 Å². The van der Waals surface area contributed by atoms with E-state index >= 15 is 0 Å². The van der Waals surface area contributed by atoms with Crippen LogP contribution < -0.4 is 26.5 Å². The molecule has 0 unspecified atom stereocenters. The summed E-state index contributed by atoms with van der Waals surface area (Å²) in [4.78, 5) is 0. The predicted octanol–water partition coefficient (Wildman–Crippen LogP) is 5.73. The Morgan fingerprint density at radius 1 is 0.378 bits per heavy atom. The summed E-state index contributed by atoms with van der Waals surface area (Å²) >= 11 is 0. The normalized spacial score (nSPS) is 12.6. The van der Waals surface area contributed by atoms with Gasteiger partial charge in [0, 0.05) is 0 Å². The summed E-state index contributed by atoms with van der Waals surface area (Å²) < 4.78 is 0. The Bertz CT molecular complexity index is 1510. The van der Waals surface area contributed by atoms with Gasteiger partial charge in [-0.25, -0.2) is 0 Å². The second kappa shape index (κ2) is 8.92. The van der Waals surface area contributed by atoms with Crippen molar-refractivity contribution in [3.05, 3.63) is 152 Å². The summed E-state index contributed by atoms with van der Waals surface area (Å²) in [6.07, 6.45) is 0. The summed E-state index contributed by atoms with van der Waals surface area (Å²) in [5, 5.41) is 30.1. The molecule has 6 aromatic carbocycles. The molecule has 0 aliphatic rings. The molecular formula is C34H27O2P. The summed E-state index contributed by atoms with van der Waals surface area (Å²) in [7, 11) is 0. The molecule has 0 aliphatic heterocycles. The Labute approximate surface area is 217 Å². The fourth-order valence-electron chi connectivity index (χ4n) is 6.00. The monoisotopic (exact) mass is 498 g/mol. The van der Waals surface area contributed by atoms with Crippen LogP contribution in [0, 0.1) is 0 Å². The van der Waals surface area contributed by atoms with Crippen LogP contribution in [-0.4, -0.2) is 10.2 Å². The van der Waals surface area contributed by atoms with Gasteiger partial charge in [0.05, 0.1) is 0 Å². The molecule has 0 radical (unpaired) electrons. The zero-order chi connectivity index (χ0) is 25.3. The van der Waals surface area contributed by atoms with Crippen molar-refractivity contribution in [3.8, 4) is 11.5 Å². The minimum absolute atomic E-state index is 0.0863. The zero-order valence-corrected chi connectivity index (χ0v) is 21.2. The van der Waals surface area contributed by atoms with Crippen LogP contribution in [-0.2, 0) is 0 Å². The summed E-state index contributed by atoms with van der Waals surface area (Å²) in [6.45, 7) is -3.87. The minimum atomic E-state index is -3.87. The van der Waals surface area contributed by atoms with Crippen LogP contribution in [0.5, 0.6) is 11.5 Å². The van der Waals surface area contributed by atoms with Crippen LogP contribution in [0.25, 0.3) is 10.8 Å². The van der Waals surface area contributed by atoms with Gasteiger partial charge in [-0.1, -0.05) is 0 Å². The van der Waals surface area contributed by atoms with Gasteiger partial charge in [-0.2, -0.15) is 0 Å². The fourth-order valence-corrected chi connectivity index (χ4v) is 12.9. The summed E-state index contributed by atoms with van der Waals surface area (Å²) in [5.74, 6) is -0.183. The van der Waals surface area contributed by atoms with Crippen molar-refractivity contribution in [1.29, 1.82) is 0 Å². The molecule has 0 fully saturated rings. The molecule has 6 aromatic rings. The molecule has 180 valence electrons. The van der Waals surface area contributed by atoms with E-state index in [1.807, 2.05) is 48.5 Å². The van der Waals surface area contributed by atoms with Crippen LogP contribution in [0.15, 0.2) is 152 Å². The number of fused-ring (bicyclic) bond motifs is 1. The van der Waals surface area contributed by atoms with E-state index in [1.165, 1.54) is 0 Å². The van der Waals surface area contributed by atoms with Gasteiger partial charge < -0.3 is 0 Å². The van der Waals surface area contributed by atoms with E-state index < -0.39 is 6.60 Å². The fraction of sp³-hybridized carbons (Fsp3) is 0. The molecule has 0 saturated heterocycles. The van der Waals surface area contributed by atoms with E-state index in [1.54, 1.807) is 0 Å². The molecule has 0 amide bonds. The molecule has 0 bridgehead atoms. The summed E-state index contributed by atoms with van der Waals surface area (Å²) in [6, 6.07) is 51.6. The number of benzene rings is 6. The first-order valence-electron chi connectivity index (χ1n) is 12.4. The second-order valence-electron chi connectivity index (χ2n) is 9.27. The molecular weight excluding hydrogens is 471 g/mol. The van der Waals surface area contributed by atoms with Crippen molar-refractivity contribution < 1.29 is 10.2 Å². The standard InChI is InChI=1S/C34H27O2P/c35-33-31-24-14-13-15-26(31)25-32(34(33)36)37(27-16-5-1-6-17-27,28-18-7-2-8-19-28,29-20-9-3-10-21-29)30-22-11-4-12-23-30/h1-25,35-36H. The zero-order valence-electron chi connectivity index (χ0n) is 20.3. The van der Waals surface area contributed by atoms with Crippen LogP contribution in [0.3, 0.4) is 0 Å². The van der Waals surface area contributed by atoms with Crippen LogP contribution >= 0.6 is 6.60 Å². The first kappa shape index (κ1) is 23.0. The molecule has 3 heteroatoms. The number of hydrogen-bond acceptors (Lipinski definition) is 2. The topological polar surface area (TPSA) is 40.5 Å². The maximum atomic E-state index is 12.0. The SMILES string of the molecule is Oc1c(P(c2ccccc2)(c2ccccc2)(c2ccccc2)c2ccccc2)cc2ccccc2c1O. The number of rotatable bonds is 5. The average Bonchev–Trinajstić information content (AvgIpc) is 2.98. The second-order valence-corrected chi connectivity index (χ2v) is 14.1. The average molecular weight is 499 g/mol. The molecule has 37 heavy (non-hydrogen) atoms. The van der Waals surface area contributed by atoms with E-state index in [-0.39, 0.29) is 11.5 Å². The van der Waals surface area contributed by atoms with Gasteiger partial charge in [-0.05, 0) is 0 Å². The number of aromatic hydroxyl groups is 2. The van der Waals surface area contributed by atoms with E-state index in [2.05, 4.69) is 103 Å². The van der Waals surface area contributed by atoms with Gasteiger partial charge in [-0.15, -0.1) is 0 Å². The molecule has 2 nitrogen and oxygen atoms in total. The van der Waals surface area contributed by atoms with Crippen molar-refractivity contribution >= 4 is 43.9 Å². The molecule has 0 saturated carbocycles. The van der Waals surface area contributed by atoms with Gasteiger partial charge in [0.15, 0.2) is 0 Å². The van der Waals surface area contributed by atoms with Gasteiger partial charge in [0.2, 0.25) is 0 Å². The molecule has 0 aromatic heterocycles. The van der Waals surface area contributed by atoms with Gasteiger partial charge >= 0.3 is 217 Å². The van der Waals surface area contributed by atoms with Crippen molar-refractivity contribution in [1.82, 2.24) is 0 Å². The van der Waals surface area contributed by atoms with E-state index in [0.29, 0.717) is 5.39 Å². The summed E-state index contributed by atoms with van der Waals surface area (Å²) in [5.41, 5.74) is 0. The van der Waals surface area contributed by atoms with Crippen molar-refractivity contribution in [3.63, 3.8) is 0 Å². The van der Waals surface area contributed by atoms with Crippen LogP contribution in [0.4, 0.5) is 0 Å². The van der Waals surface area contributed by atoms with E-state index in [9.17, 15) is 10.2 Å². The number of phenols is 2. The molecule has 6 rings (SSSR count). The molecule has 0 spiro atoms. The van der Waals surface area contributed by atoms with Crippen molar-refractivity contribution in [2.24, 2.45) is 0 Å². The van der Waals surface area contributed by atoms with Crippen LogP contribution in [0.2, 0.25) is 0 Å². The third kappa shape index (κ3) is 3.10. The van der Waals surface area contributed by atoms with Gasteiger partial charge in [0.25, 0.3) is 0 Å². The Morgan fingerprint density at radius 3 is 1.14 bits per heavy atom. The maximum absolute atomic E-state index is 12.0. The predicted molar refractivity (Wildman–Crippen MR) is 158 cm³/mol. The Balaban J connectivity index is 2.00. The van der Waals surface area contributed by atoms with Gasteiger partial charge in [-0.3, -0.25) is 0 Å². The van der Waals surface area contributed by atoms with Gasteiger partial charge in [0.1, 0.15) is 0 Å². The van der Waals surface area contributed by atoms with E-state index in [4.69, 9.17) is 0 Å². The molecule has 0 aliphatic carbocycles. The number of phenolic OH excluding ortho intramolecular Hbond substituents is 2. The molecule has 0 heterocycles. The first-order chi connectivity index (χ1) is 18.2. The quantitative estimate of drug-likeness (QED) is 0.235. The Kier molecular flexibility index (Phi) is 5.56. The first-order valence-corrected chi connectivity index (χ1v) is 14.6. The molecule has 0 atom stereocenters. The molecule has 2 N–H and O–H groups in total. The van der Waals surface area contributed by atoms with E-state index in [0.717, 1.165) is 31.9 Å².